The summed E-state index contributed by atoms with van der Waals surface area (Å²) >= 11 is 0. The van der Waals surface area contributed by atoms with E-state index in [1.54, 1.807) is 0 Å². The molecule has 0 unspecified atom stereocenters. The van der Waals surface area contributed by atoms with Crippen molar-refractivity contribution in [3.63, 3.8) is 0 Å². The molecule has 0 aliphatic carbocycles. The third-order valence-electron chi connectivity index (χ3n) is 10.3. The van der Waals surface area contributed by atoms with E-state index in [9.17, 15) is 86.8 Å². The van der Waals surface area contributed by atoms with Gasteiger partial charge in [-0.3, -0.25) is 0 Å². The van der Waals surface area contributed by atoms with Crippen molar-refractivity contribution in [1.82, 2.24) is 0 Å². The monoisotopic (exact) mass is 828 g/mol. The minimum atomic E-state index is -2.13. The van der Waals surface area contributed by atoms with E-state index in [0.29, 0.717) is 0 Å². The van der Waals surface area contributed by atoms with Crippen LogP contribution in [0.15, 0.2) is 0 Å². The summed E-state index contributed by atoms with van der Waals surface area (Å²) < 4.78 is 49.0. The molecular weight excluding hydrogens is 776 g/mol. The van der Waals surface area contributed by atoms with E-state index in [-0.39, 0.29) is 0 Å². The third kappa shape index (κ3) is 9.46. The lowest BCUT2D eigenvalue weighted by atomic mass is 9.96. The Bertz CT molecular complexity index is 1200. The summed E-state index contributed by atoms with van der Waals surface area (Å²) in [5.74, 6) is 0. The van der Waals surface area contributed by atoms with E-state index in [2.05, 4.69) is 0 Å². The summed E-state index contributed by atoms with van der Waals surface area (Å²) in [6.45, 7) is -4.02. The second kappa shape index (κ2) is 19.6. The van der Waals surface area contributed by atoms with Gasteiger partial charge in [-0.05, 0) is 0 Å². The summed E-state index contributed by atoms with van der Waals surface area (Å²) in [5.41, 5.74) is 0. The maximum Gasteiger partial charge on any atom is 0.187 e. The second-order valence-corrected chi connectivity index (χ2v) is 14.0. The quantitative estimate of drug-likeness (QED) is 0.0819. The Balaban J connectivity index is 1.24. The van der Waals surface area contributed by atoms with Gasteiger partial charge < -0.3 is 129 Å². The van der Waals surface area contributed by atoms with Gasteiger partial charge in [-0.2, -0.15) is 0 Å². The fraction of sp³-hybridized carbons (Fsp3) is 1.00. The van der Waals surface area contributed by atoms with Gasteiger partial charge in [0.1, 0.15) is 122 Å². The maximum absolute atomic E-state index is 11.1. The predicted molar refractivity (Wildman–Crippen MR) is 167 cm³/mol. The first-order chi connectivity index (χ1) is 26.4. The van der Waals surface area contributed by atoms with Crippen molar-refractivity contribution in [2.75, 3.05) is 33.0 Å². The molecular formula is C30H52O26. The largest absolute Gasteiger partial charge is 0.394 e. The standard InChI is InChI=1S/C30H52O26/c31-1-6-11(34)14(37)20(43)27(51-6)48-4-9-13(36)16(39)22(45)29(54-9)55-24-8(3-33)53-30(23(46)18(24)41)56-25-10(50-26(47)19(42)17(25)40)5-49-28-21(44)15(38)12(35)7(2-32)52-28/h6-47H,1-5H2/t6-,7-,8-,9-,10-,11+,12+,13-,14+,15+,16+,17-,18-,19+,20-,21-,22+,23+,24-,25-,26+,27+,28+,29+,30+/m1/s1. The fourth-order valence-corrected chi connectivity index (χ4v) is 6.82. The molecule has 328 valence electrons. The summed E-state index contributed by atoms with van der Waals surface area (Å²) in [4.78, 5) is 0. The topological polar surface area (TPSA) is 427 Å². The molecule has 25 atom stereocenters. The van der Waals surface area contributed by atoms with Crippen molar-refractivity contribution in [3.05, 3.63) is 0 Å². The van der Waals surface area contributed by atoms with Crippen LogP contribution in [0.2, 0.25) is 0 Å². The minimum Gasteiger partial charge on any atom is -0.394 e. The highest BCUT2D eigenvalue weighted by atomic mass is 16.8. The van der Waals surface area contributed by atoms with Crippen LogP contribution in [0.4, 0.5) is 0 Å². The van der Waals surface area contributed by atoms with Gasteiger partial charge in [0.05, 0.1) is 33.0 Å². The van der Waals surface area contributed by atoms with Crippen LogP contribution in [0.1, 0.15) is 0 Å². The molecule has 0 amide bonds. The van der Waals surface area contributed by atoms with Crippen LogP contribution in [0.5, 0.6) is 0 Å². The molecule has 0 aromatic carbocycles. The lowest BCUT2D eigenvalue weighted by molar-refractivity contribution is -0.382. The van der Waals surface area contributed by atoms with E-state index in [0.717, 1.165) is 0 Å². The van der Waals surface area contributed by atoms with Crippen molar-refractivity contribution >= 4 is 0 Å². The molecule has 5 heterocycles. The minimum absolute atomic E-state index is 0.729. The maximum atomic E-state index is 11.1. The van der Waals surface area contributed by atoms with Crippen LogP contribution >= 0.6 is 0 Å². The molecule has 5 aliphatic heterocycles. The Morgan fingerprint density at radius 2 is 0.643 bits per heavy atom. The van der Waals surface area contributed by atoms with Crippen LogP contribution in [0.25, 0.3) is 0 Å². The third-order valence-corrected chi connectivity index (χ3v) is 10.3. The van der Waals surface area contributed by atoms with Crippen molar-refractivity contribution in [2.45, 2.75) is 154 Å². The highest BCUT2D eigenvalue weighted by Gasteiger charge is 2.54. The number of aliphatic hydroxyl groups excluding tert-OH is 17. The molecule has 0 aromatic heterocycles. The first kappa shape index (κ1) is 46.0. The smallest absolute Gasteiger partial charge is 0.187 e. The second-order valence-electron chi connectivity index (χ2n) is 14.0. The molecule has 26 nitrogen and oxygen atoms in total. The average Bonchev–Trinajstić information content (AvgIpc) is 3.18. The van der Waals surface area contributed by atoms with Gasteiger partial charge in [0.25, 0.3) is 0 Å². The number of ether oxygens (including phenoxy) is 9. The van der Waals surface area contributed by atoms with Crippen LogP contribution in [0.3, 0.4) is 0 Å². The van der Waals surface area contributed by atoms with Gasteiger partial charge >= 0.3 is 0 Å². The van der Waals surface area contributed by atoms with E-state index in [4.69, 9.17) is 42.6 Å². The fourth-order valence-electron chi connectivity index (χ4n) is 6.82. The lowest BCUT2D eigenvalue weighted by Gasteiger charge is -2.48. The van der Waals surface area contributed by atoms with Crippen LogP contribution in [-0.4, -0.2) is 273 Å². The van der Waals surface area contributed by atoms with E-state index >= 15 is 0 Å². The number of hydrogen-bond acceptors (Lipinski definition) is 26. The van der Waals surface area contributed by atoms with E-state index in [1.165, 1.54) is 0 Å². The molecule has 0 radical (unpaired) electrons. The summed E-state index contributed by atoms with van der Waals surface area (Å²) in [7, 11) is 0. The zero-order valence-corrected chi connectivity index (χ0v) is 29.2. The van der Waals surface area contributed by atoms with Crippen molar-refractivity contribution < 1.29 is 129 Å². The lowest BCUT2D eigenvalue weighted by Crippen LogP contribution is -2.67. The number of aliphatic hydroxyl groups is 17. The van der Waals surface area contributed by atoms with Crippen molar-refractivity contribution in [2.24, 2.45) is 0 Å². The Kier molecular flexibility index (Phi) is 16.1. The molecule has 5 saturated heterocycles. The molecule has 0 bridgehead atoms. The van der Waals surface area contributed by atoms with Gasteiger partial charge in [0, 0.05) is 0 Å². The number of hydrogen-bond donors (Lipinski definition) is 17. The van der Waals surface area contributed by atoms with Gasteiger partial charge in [0.2, 0.25) is 0 Å². The Hall–Kier alpha value is -1.04. The number of rotatable bonds is 13. The normalized spacial score (nSPS) is 53.2. The van der Waals surface area contributed by atoms with E-state index in [1.807, 2.05) is 0 Å². The van der Waals surface area contributed by atoms with Gasteiger partial charge in [-0.15, -0.1) is 0 Å². The molecule has 17 N–H and O–H groups in total. The predicted octanol–water partition coefficient (Wildman–Crippen LogP) is -11.9. The Labute approximate surface area is 316 Å². The van der Waals surface area contributed by atoms with Crippen LogP contribution < -0.4 is 0 Å². The molecule has 5 aliphatic rings. The van der Waals surface area contributed by atoms with Gasteiger partial charge in [-0.1, -0.05) is 0 Å². The first-order valence-corrected chi connectivity index (χ1v) is 17.6. The molecule has 0 saturated carbocycles. The summed E-state index contributed by atoms with van der Waals surface area (Å²) in [6.07, 6.45) is -45.4. The van der Waals surface area contributed by atoms with Gasteiger partial charge in [0.15, 0.2) is 31.5 Å². The highest BCUT2D eigenvalue weighted by Crippen LogP contribution is 2.33. The van der Waals surface area contributed by atoms with Crippen LogP contribution in [-0.2, 0) is 42.6 Å². The molecule has 56 heavy (non-hydrogen) atoms. The zero-order valence-electron chi connectivity index (χ0n) is 29.2. The molecule has 0 spiro atoms. The summed E-state index contributed by atoms with van der Waals surface area (Å²) in [6, 6.07) is 0. The summed E-state index contributed by atoms with van der Waals surface area (Å²) in [5, 5.41) is 175. The molecule has 26 heteroatoms. The van der Waals surface area contributed by atoms with E-state index < -0.39 is 187 Å². The van der Waals surface area contributed by atoms with Crippen LogP contribution in [0, 0.1) is 0 Å². The average molecular weight is 829 g/mol. The highest BCUT2D eigenvalue weighted by molar-refractivity contribution is 4.97. The van der Waals surface area contributed by atoms with Crippen molar-refractivity contribution in [1.29, 1.82) is 0 Å². The molecule has 0 aromatic rings. The molecule has 5 fully saturated rings. The Morgan fingerprint density at radius 1 is 0.304 bits per heavy atom. The molecule has 5 rings (SSSR count). The van der Waals surface area contributed by atoms with Gasteiger partial charge in [-0.25, -0.2) is 0 Å². The van der Waals surface area contributed by atoms with Crippen molar-refractivity contribution in [3.8, 4) is 0 Å². The zero-order chi connectivity index (χ0) is 41.3. The SMILES string of the molecule is OC[C@H]1O[C@H](OC[C@H]2O[C@@H](O[C@H]3[C@H](O)[C@H](O)[C@H](O[C@H]4[C@H](O)[C@H](O)[C@@H](O)O[C@@H]4CO[C@H]4O[C@H](CO)[C@H](O)[C@H](O)[C@H]4O)O[C@@H]3CO)[C@@H](O)[C@@H](O)[C@@H]2O)[C@H](O)[C@@H](O)[C@H]1O. The first-order valence-electron chi connectivity index (χ1n) is 17.6. The Morgan fingerprint density at radius 3 is 1.11 bits per heavy atom.